The van der Waals surface area contributed by atoms with E-state index in [9.17, 15) is 0 Å². The zero-order valence-corrected chi connectivity index (χ0v) is 27.4. The van der Waals surface area contributed by atoms with Gasteiger partial charge >= 0.3 is 0 Å². The first kappa shape index (κ1) is 27.1. The molecule has 0 amide bonds. The first-order valence-electron chi connectivity index (χ1n) is 17.3. The predicted octanol–water partition coefficient (Wildman–Crippen LogP) is 12.4. The third-order valence-electron chi connectivity index (χ3n) is 11.7. The van der Waals surface area contributed by atoms with E-state index in [1.807, 2.05) is 0 Å². The fraction of sp³-hybridized carbons (Fsp3) is 0.0833. The van der Waals surface area contributed by atoms with E-state index in [0.29, 0.717) is 0 Å². The standard InChI is InChI=1S/C48H32O/c1-47(2)38-22-10-9-20-36(38)44-34(21-13-25-41(44)47)37-28-43-46(35-19-6-5-16-31(35)37)49-45-30-15-4-3-14-29(30)26-27-42(45)48(43)39-23-11-7-17-32(39)33-18-8-12-24-40(33)48/h3-28H,1-2H3. The van der Waals surface area contributed by atoms with Crippen LogP contribution < -0.4 is 4.74 Å². The van der Waals surface area contributed by atoms with Gasteiger partial charge in [-0.1, -0.05) is 166 Å². The van der Waals surface area contributed by atoms with Gasteiger partial charge in [0.15, 0.2) is 0 Å². The lowest BCUT2D eigenvalue weighted by Gasteiger charge is -2.40. The Labute approximate surface area is 286 Å². The summed E-state index contributed by atoms with van der Waals surface area (Å²) in [7, 11) is 0. The van der Waals surface area contributed by atoms with Crippen molar-refractivity contribution in [2.75, 3.05) is 0 Å². The molecular weight excluding hydrogens is 593 g/mol. The van der Waals surface area contributed by atoms with Crippen molar-refractivity contribution in [1.82, 2.24) is 0 Å². The highest BCUT2D eigenvalue weighted by atomic mass is 16.5. The first-order chi connectivity index (χ1) is 24.1. The van der Waals surface area contributed by atoms with E-state index in [1.54, 1.807) is 0 Å². The normalized spacial score (nSPS) is 15.2. The topological polar surface area (TPSA) is 9.23 Å². The second-order valence-corrected chi connectivity index (χ2v) is 14.4. The van der Waals surface area contributed by atoms with Crippen LogP contribution in [0.3, 0.4) is 0 Å². The van der Waals surface area contributed by atoms with E-state index in [4.69, 9.17) is 4.74 Å². The predicted molar refractivity (Wildman–Crippen MR) is 202 cm³/mol. The fourth-order valence-electron chi connectivity index (χ4n) is 9.65. The van der Waals surface area contributed by atoms with Crippen molar-refractivity contribution >= 4 is 21.5 Å². The molecule has 3 aliphatic rings. The van der Waals surface area contributed by atoms with Crippen molar-refractivity contribution in [1.29, 1.82) is 0 Å². The summed E-state index contributed by atoms with van der Waals surface area (Å²) < 4.78 is 7.29. The monoisotopic (exact) mass is 624 g/mol. The van der Waals surface area contributed by atoms with Gasteiger partial charge in [-0.2, -0.15) is 0 Å². The minimum absolute atomic E-state index is 0.0837. The van der Waals surface area contributed by atoms with E-state index in [2.05, 4.69) is 172 Å². The summed E-state index contributed by atoms with van der Waals surface area (Å²) in [6, 6.07) is 58.5. The number of rotatable bonds is 1. The summed E-state index contributed by atoms with van der Waals surface area (Å²) in [4.78, 5) is 0. The van der Waals surface area contributed by atoms with Crippen LogP contribution in [0.2, 0.25) is 0 Å². The molecule has 8 aromatic carbocycles. The Morgan fingerprint density at radius 2 is 0.918 bits per heavy atom. The third-order valence-corrected chi connectivity index (χ3v) is 11.7. The van der Waals surface area contributed by atoms with Crippen LogP contribution >= 0.6 is 0 Å². The van der Waals surface area contributed by atoms with Crippen LogP contribution in [0.4, 0.5) is 0 Å². The highest BCUT2D eigenvalue weighted by Gasteiger charge is 2.52. The SMILES string of the molecule is CC1(C)c2ccccc2-c2c(-c3cc4c(c5ccccc35)Oc3c(ccc5ccccc35)C43c4ccccc4-c4ccccc43)cccc21. The molecule has 11 rings (SSSR count). The lowest BCUT2D eigenvalue weighted by atomic mass is 9.65. The summed E-state index contributed by atoms with van der Waals surface area (Å²) in [6.45, 7) is 4.73. The molecule has 0 unspecified atom stereocenters. The molecule has 0 aromatic heterocycles. The second-order valence-electron chi connectivity index (χ2n) is 14.4. The van der Waals surface area contributed by atoms with Gasteiger partial charge < -0.3 is 4.74 Å². The lowest BCUT2D eigenvalue weighted by Crippen LogP contribution is -2.32. The van der Waals surface area contributed by atoms with Gasteiger partial charge in [-0.05, 0) is 72.5 Å². The van der Waals surface area contributed by atoms with Crippen LogP contribution in [-0.2, 0) is 10.8 Å². The summed E-state index contributed by atoms with van der Waals surface area (Å²) in [5.74, 6) is 1.90. The van der Waals surface area contributed by atoms with E-state index in [0.717, 1.165) is 22.3 Å². The maximum atomic E-state index is 7.29. The molecule has 230 valence electrons. The van der Waals surface area contributed by atoms with E-state index in [-0.39, 0.29) is 5.41 Å². The highest BCUT2D eigenvalue weighted by Crippen LogP contribution is 2.65. The molecule has 1 heterocycles. The van der Waals surface area contributed by atoms with Crippen molar-refractivity contribution < 1.29 is 4.74 Å². The van der Waals surface area contributed by atoms with Crippen molar-refractivity contribution in [2.24, 2.45) is 0 Å². The molecule has 0 bridgehead atoms. The third kappa shape index (κ3) is 3.26. The minimum atomic E-state index is -0.561. The maximum absolute atomic E-state index is 7.29. The summed E-state index contributed by atoms with van der Waals surface area (Å²) in [6.07, 6.45) is 0. The van der Waals surface area contributed by atoms with Crippen LogP contribution in [0.5, 0.6) is 11.5 Å². The summed E-state index contributed by atoms with van der Waals surface area (Å²) in [5.41, 5.74) is 14.9. The number of hydrogen-bond donors (Lipinski definition) is 0. The molecule has 1 aliphatic heterocycles. The van der Waals surface area contributed by atoms with Gasteiger partial charge in [0.1, 0.15) is 11.5 Å². The Kier molecular flexibility index (Phi) is 5.17. The highest BCUT2D eigenvalue weighted by molar-refractivity contribution is 6.08. The zero-order valence-electron chi connectivity index (χ0n) is 27.4. The Balaban J connectivity index is 1.33. The van der Waals surface area contributed by atoms with Gasteiger partial charge in [-0.25, -0.2) is 0 Å². The van der Waals surface area contributed by atoms with E-state index in [1.165, 1.54) is 77.5 Å². The molecule has 0 radical (unpaired) electrons. The molecule has 49 heavy (non-hydrogen) atoms. The summed E-state index contributed by atoms with van der Waals surface area (Å²) >= 11 is 0. The molecule has 0 saturated carbocycles. The Bertz CT molecular complexity index is 2680. The number of hydrogen-bond acceptors (Lipinski definition) is 1. The van der Waals surface area contributed by atoms with Gasteiger partial charge in [0, 0.05) is 27.3 Å². The lowest BCUT2D eigenvalue weighted by molar-refractivity contribution is 0.447. The van der Waals surface area contributed by atoms with Gasteiger partial charge in [-0.3, -0.25) is 0 Å². The van der Waals surface area contributed by atoms with Crippen molar-refractivity contribution in [3.63, 3.8) is 0 Å². The van der Waals surface area contributed by atoms with Crippen LogP contribution in [0.15, 0.2) is 158 Å². The molecule has 0 atom stereocenters. The molecule has 2 aliphatic carbocycles. The van der Waals surface area contributed by atoms with Crippen molar-refractivity contribution in [3.8, 4) is 44.9 Å². The molecule has 1 nitrogen and oxygen atoms in total. The molecule has 1 spiro atoms. The molecule has 0 saturated heterocycles. The van der Waals surface area contributed by atoms with Gasteiger partial charge in [-0.15, -0.1) is 0 Å². The van der Waals surface area contributed by atoms with Crippen LogP contribution in [0.25, 0.3) is 54.9 Å². The van der Waals surface area contributed by atoms with Gasteiger partial charge in [0.2, 0.25) is 0 Å². The largest absolute Gasteiger partial charge is 0.455 e. The average molecular weight is 625 g/mol. The maximum Gasteiger partial charge on any atom is 0.140 e. The van der Waals surface area contributed by atoms with E-state index >= 15 is 0 Å². The van der Waals surface area contributed by atoms with Gasteiger partial charge in [0.05, 0.1) is 5.41 Å². The first-order valence-corrected chi connectivity index (χ1v) is 17.3. The zero-order chi connectivity index (χ0) is 32.5. The number of ether oxygens (including phenoxy) is 1. The Hall–Kier alpha value is -5.92. The van der Waals surface area contributed by atoms with E-state index < -0.39 is 5.41 Å². The van der Waals surface area contributed by atoms with Crippen LogP contribution in [0, 0.1) is 0 Å². The quantitative estimate of drug-likeness (QED) is 0.177. The Morgan fingerprint density at radius 3 is 1.67 bits per heavy atom. The van der Waals surface area contributed by atoms with Crippen molar-refractivity contribution in [3.05, 3.63) is 191 Å². The Morgan fingerprint density at radius 1 is 0.367 bits per heavy atom. The number of fused-ring (bicyclic) bond motifs is 16. The van der Waals surface area contributed by atoms with Gasteiger partial charge in [0.25, 0.3) is 0 Å². The smallest absolute Gasteiger partial charge is 0.140 e. The fourth-order valence-corrected chi connectivity index (χ4v) is 9.65. The van der Waals surface area contributed by atoms with Crippen molar-refractivity contribution in [2.45, 2.75) is 24.7 Å². The second kappa shape index (κ2) is 9.36. The average Bonchev–Trinajstić information content (AvgIpc) is 3.58. The molecule has 0 fully saturated rings. The summed E-state index contributed by atoms with van der Waals surface area (Å²) in [5, 5.41) is 4.66. The minimum Gasteiger partial charge on any atom is -0.455 e. The van der Waals surface area contributed by atoms with Crippen LogP contribution in [0.1, 0.15) is 47.2 Å². The number of benzene rings is 8. The molecule has 1 heteroatoms. The molecule has 0 N–H and O–H groups in total. The van der Waals surface area contributed by atoms with Crippen LogP contribution in [-0.4, -0.2) is 0 Å². The molecule has 8 aromatic rings. The molecular formula is C48H32O.